The van der Waals surface area contributed by atoms with Gasteiger partial charge in [-0.2, -0.15) is 0 Å². The topological polar surface area (TPSA) is 118 Å². The number of anilines is 1. The number of carbonyl (C=O) groups is 2. The summed E-state index contributed by atoms with van der Waals surface area (Å²) in [5.74, 6) is -3.89. The first-order valence-corrected chi connectivity index (χ1v) is 8.87. The second-order valence-corrected chi connectivity index (χ2v) is 6.83. The molecule has 2 rings (SSSR count). The van der Waals surface area contributed by atoms with E-state index in [0.29, 0.717) is 18.1 Å². The van der Waals surface area contributed by atoms with Crippen molar-refractivity contribution in [3.05, 3.63) is 59.7 Å². The number of rotatable bonds is 5. The van der Waals surface area contributed by atoms with Crippen LogP contribution in [0.15, 0.2) is 47.4 Å². The van der Waals surface area contributed by atoms with E-state index in [1.54, 1.807) is 0 Å². The monoisotopic (exact) mass is 383 g/mol. The number of nitrogens with two attached hydrogens (primary N) is 1. The van der Waals surface area contributed by atoms with E-state index in [1.165, 1.54) is 24.3 Å². The van der Waals surface area contributed by atoms with Crippen molar-refractivity contribution in [1.82, 2.24) is 5.32 Å². The SMILES string of the molecule is NS(=O)(=O)c1ccc(CCNC(=O)C(=O)Nc2ccc(F)cc2F)cc1. The minimum Gasteiger partial charge on any atom is -0.347 e. The summed E-state index contributed by atoms with van der Waals surface area (Å²) >= 11 is 0. The largest absolute Gasteiger partial charge is 0.347 e. The fraction of sp³-hybridized carbons (Fsp3) is 0.125. The molecule has 4 N–H and O–H groups in total. The van der Waals surface area contributed by atoms with Crippen molar-refractivity contribution in [2.75, 3.05) is 11.9 Å². The highest BCUT2D eigenvalue weighted by molar-refractivity contribution is 7.89. The zero-order chi connectivity index (χ0) is 19.3. The minimum absolute atomic E-state index is 0.0361. The lowest BCUT2D eigenvalue weighted by Gasteiger charge is -2.08. The van der Waals surface area contributed by atoms with Crippen LogP contribution in [0.3, 0.4) is 0 Å². The van der Waals surface area contributed by atoms with Crippen LogP contribution in [0.2, 0.25) is 0 Å². The van der Waals surface area contributed by atoms with Gasteiger partial charge in [-0.25, -0.2) is 22.3 Å². The zero-order valence-electron chi connectivity index (χ0n) is 13.3. The van der Waals surface area contributed by atoms with Crippen LogP contribution in [-0.4, -0.2) is 26.8 Å². The van der Waals surface area contributed by atoms with Crippen molar-refractivity contribution in [3.63, 3.8) is 0 Å². The van der Waals surface area contributed by atoms with Crippen LogP contribution in [0, 0.1) is 11.6 Å². The third kappa shape index (κ3) is 5.33. The maximum Gasteiger partial charge on any atom is 0.313 e. The number of carbonyl (C=O) groups excluding carboxylic acids is 2. The molecule has 0 saturated carbocycles. The highest BCUT2D eigenvalue weighted by Gasteiger charge is 2.15. The second kappa shape index (κ2) is 8.02. The van der Waals surface area contributed by atoms with E-state index < -0.39 is 33.5 Å². The number of primary sulfonamides is 1. The van der Waals surface area contributed by atoms with Gasteiger partial charge in [0.2, 0.25) is 10.0 Å². The fourth-order valence-electron chi connectivity index (χ4n) is 2.02. The first kappa shape index (κ1) is 19.5. The fourth-order valence-corrected chi connectivity index (χ4v) is 2.53. The third-order valence-electron chi connectivity index (χ3n) is 3.34. The summed E-state index contributed by atoms with van der Waals surface area (Å²) in [6.45, 7) is 0.0902. The van der Waals surface area contributed by atoms with Crippen molar-refractivity contribution in [3.8, 4) is 0 Å². The van der Waals surface area contributed by atoms with Gasteiger partial charge in [-0.3, -0.25) is 9.59 Å². The molecule has 2 aromatic rings. The molecule has 2 amide bonds. The van der Waals surface area contributed by atoms with Gasteiger partial charge in [-0.15, -0.1) is 0 Å². The summed E-state index contributed by atoms with van der Waals surface area (Å²) in [7, 11) is -3.78. The lowest BCUT2D eigenvalue weighted by atomic mass is 10.1. The molecule has 0 heterocycles. The normalized spacial score (nSPS) is 11.0. The molecule has 0 unspecified atom stereocenters. The quantitative estimate of drug-likeness (QED) is 0.665. The van der Waals surface area contributed by atoms with Crippen LogP contribution in [0.5, 0.6) is 0 Å². The predicted molar refractivity (Wildman–Crippen MR) is 89.5 cm³/mol. The number of hydrogen-bond donors (Lipinski definition) is 3. The van der Waals surface area contributed by atoms with Crippen molar-refractivity contribution < 1.29 is 26.8 Å². The molecule has 2 aromatic carbocycles. The molecule has 0 atom stereocenters. The predicted octanol–water partition coefficient (Wildman–Crippen LogP) is 0.910. The Morgan fingerprint density at radius 2 is 1.65 bits per heavy atom. The number of halogens is 2. The summed E-state index contributed by atoms with van der Waals surface area (Å²) in [5.41, 5.74) is 0.396. The minimum atomic E-state index is -3.78. The van der Waals surface area contributed by atoms with Crippen LogP contribution in [-0.2, 0) is 26.0 Å². The molecule has 0 aliphatic carbocycles. The number of amides is 2. The standard InChI is InChI=1S/C16H15F2N3O4S/c17-11-3-6-14(13(18)9-11)21-16(23)15(22)20-8-7-10-1-4-12(5-2-10)26(19,24)25/h1-6,9H,7-8H2,(H,20,22)(H,21,23)(H2,19,24,25). The highest BCUT2D eigenvalue weighted by atomic mass is 32.2. The van der Waals surface area contributed by atoms with E-state index in [-0.39, 0.29) is 17.1 Å². The van der Waals surface area contributed by atoms with E-state index in [9.17, 15) is 26.8 Å². The number of nitrogens with one attached hydrogen (secondary N) is 2. The lowest BCUT2D eigenvalue weighted by molar-refractivity contribution is -0.136. The summed E-state index contributed by atoms with van der Waals surface area (Å²) in [6, 6.07) is 8.25. The first-order valence-electron chi connectivity index (χ1n) is 7.33. The smallest absolute Gasteiger partial charge is 0.313 e. The van der Waals surface area contributed by atoms with Gasteiger partial charge in [-0.1, -0.05) is 12.1 Å². The van der Waals surface area contributed by atoms with E-state index in [0.717, 1.165) is 12.1 Å². The molecule has 0 saturated heterocycles. The van der Waals surface area contributed by atoms with E-state index >= 15 is 0 Å². The van der Waals surface area contributed by atoms with Gasteiger partial charge in [0.05, 0.1) is 10.6 Å². The van der Waals surface area contributed by atoms with E-state index in [4.69, 9.17) is 5.14 Å². The molecular weight excluding hydrogens is 368 g/mol. The Hall–Kier alpha value is -2.85. The highest BCUT2D eigenvalue weighted by Crippen LogP contribution is 2.14. The van der Waals surface area contributed by atoms with Gasteiger partial charge in [0.25, 0.3) is 0 Å². The zero-order valence-corrected chi connectivity index (χ0v) is 14.1. The molecule has 0 fully saturated rings. The van der Waals surface area contributed by atoms with Crippen molar-refractivity contribution >= 4 is 27.5 Å². The second-order valence-electron chi connectivity index (χ2n) is 5.27. The molecule has 0 aliphatic rings. The average molecular weight is 383 g/mol. The number of benzene rings is 2. The van der Waals surface area contributed by atoms with Crippen molar-refractivity contribution in [1.29, 1.82) is 0 Å². The molecule has 0 radical (unpaired) electrons. The Morgan fingerprint density at radius 3 is 2.23 bits per heavy atom. The van der Waals surface area contributed by atoms with E-state index in [1.807, 2.05) is 5.32 Å². The Bertz CT molecular complexity index is 931. The van der Waals surface area contributed by atoms with Gasteiger partial charge in [0.15, 0.2) is 0 Å². The Balaban J connectivity index is 1.85. The van der Waals surface area contributed by atoms with Gasteiger partial charge in [0.1, 0.15) is 11.6 Å². The van der Waals surface area contributed by atoms with E-state index in [2.05, 4.69) is 5.32 Å². The van der Waals surface area contributed by atoms with Crippen LogP contribution in [0.25, 0.3) is 0 Å². The van der Waals surface area contributed by atoms with Crippen LogP contribution >= 0.6 is 0 Å². The van der Waals surface area contributed by atoms with Crippen LogP contribution in [0.4, 0.5) is 14.5 Å². The summed E-state index contributed by atoms with van der Waals surface area (Å²) in [6.07, 6.45) is 0.328. The molecule has 0 aromatic heterocycles. The van der Waals surface area contributed by atoms with Crippen LogP contribution in [0.1, 0.15) is 5.56 Å². The molecule has 0 bridgehead atoms. The maximum atomic E-state index is 13.4. The number of hydrogen-bond acceptors (Lipinski definition) is 4. The Morgan fingerprint density at radius 1 is 1.00 bits per heavy atom. The summed E-state index contributed by atoms with van der Waals surface area (Å²) in [5, 5.41) is 9.36. The summed E-state index contributed by atoms with van der Waals surface area (Å²) < 4.78 is 48.5. The van der Waals surface area contributed by atoms with Crippen molar-refractivity contribution in [2.45, 2.75) is 11.3 Å². The molecular formula is C16H15F2N3O4S. The van der Waals surface area contributed by atoms with Gasteiger partial charge >= 0.3 is 11.8 Å². The first-order chi connectivity index (χ1) is 12.2. The molecule has 10 heteroatoms. The third-order valence-corrected chi connectivity index (χ3v) is 4.27. The molecule has 0 aliphatic heterocycles. The Labute approximate surface area is 148 Å². The molecule has 26 heavy (non-hydrogen) atoms. The Kier molecular flexibility index (Phi) is 6.01. The number of sulfonamides is 1. The van der Waals surface area contributed by atoms with Gasteiger partial charge < -0.3 is 10.6 Å². The molecule has 138 valence electrons. The lowest BCUT2D eigenvalue weighted by Crippen LogP contribution is -2.36. The van der Waals surface area contributed by atoms with Crippen LogP contribution < -0.4 is 15.8 Å². The summed E-state index contributed by atoms with van der Waals surface area (Å²) in [4.78, 5) is 23.3. The maximum absolute atomic E-state index is 13.4. The molecule has 0 spiro atoms. The van der Waals surface area contributed by atoms with Crippen molar-refractivity contribution in [2.24, 2.45) is 5.14 Å². The molecule has 7 nitrogen and oxygen atoms in total. The van der Waals surface area contributed by atoms with Gasteiger partial charge in [-0.05, 0) is 36.2 Å². The van der Waals surface area contributed by atoms with Gasteiger partial charge in [0, 0.05) is 12.6 Å². The average Bonchev–Trinajstić information content (AvgIpc) is 2.57.